The lowest BCUT2D eigenvalue weighted by Gasteiger charge is -2.12. The summed E-state index contributed by atoms with van der Waals surface area (Å²) in [4.78, 5) is 53.9. The number of aromatic nitrogens is 4. The molecule has 0 atom stereocenters. The van der Waals surface area contributed by atoms with Crippen molar-refractivity contribution >= 4 is 23.3 Å². The lowest BCUT2D eigenvalue weighted by Crippen LogP contribution is -2.43. The third-order valence-electron chi connectivity index (χ3n) is 5.82. The van der Waals surface area contributed by atoms with E-state index < -0.39 is 34.5 Å². The third-order valence-corrected chi connectivity index (χ3v) is 5.82. The standard InChI is InChI=1S/C26H20F2N6O5/c1-33-25(37)22(32-34(26(33)38)19-5-3-2-4-17(19)27)24(36)30-15-8-9-20(18(28)12-15)39-16-10-11-29-21(13-16)31-23(35)14-6-7-14/h2-5,8-14H,6-7H2,1H3,(H,30,36)(H,29,31,35). The molecule has 5 rings (SSSR count). The van der Waals surface area contributed by atoms with E-state index in [0.29, 0.717) is 9.25 Å². The number of hydrogen-bond acceptors (Lipinski definition) is 7. The fourth-order valence-electron chi connectivity index (χ4n) is 3.59. The van der Waals surface area contributed by atoms with Crippen molar-refractivity contribution in [3.63, 3.8) is 0 Å². The van der Waals surface area contributed by atoms with Gasteiger partial charge in [-0.25, -0.2) is 18.6 Å². The molecular weight excluding hydrogens is 514 g/mol. The van der Waals surface area contributed by atoms with Crippen LogP contribution in [-0.4, -0.2) is 31.1 Å². The van der Waals surface area contributed by atoms with Crippen LogP contribution in [0.15, 0.2) is 70.4 Å². The van der Waals surface area contributed by atoms with Crippen molar-refractivity contribution in [1.82, 2.24) is 19.3 Å². The Morgan fingerprint density at radius 3 is 2.49 bits per heavy atom. The van der Waals surface area contributed by atoms with E-state index in [4.69, 9.17) is 4.74 Å². The molecule has 2 heterocycles. The van der Waals surface area contributed by atoms with E-state index in [1.54, 1.807) is 0 Å². The molecule has 2 aromatic carbocycles. The van der Waals surface area contributed by atoms with Gasteiger partial charge < -0.3 is 15.4 Å². The molecule has 1 aliphatic carbocycles. The first-order valence-electron chi connectivity index (χ1n) is 11.7. The molecule has 11 nitrogen and oxygen atoms in total. The molecule has 1 aliphatic rings. The average molecular weight is 534 g/mol. The van der Waals surface area contributed by atoms with Crippen LogP contribution in [-0.2, 0) is 11.8 Å². The molecule has 2 amide bonds. The summed E-state index contributed by atoms with van der Waals surface area (Å²) in [6.45, 7) is 0. The van der Waals surface area contributed by atoms with Gasteiger partial charge in [0, 0.05) is 37.0 Å². The molecule has 2 aromatic heterocycles. The molecule has 39 heavy (non-hydrogen) atoms. The third kappa shape index (κ3) is 5.42. The zero-order valence-electron chi connectivity index (χ0n) is 20.4. The molecule has 1 saturated carbocycles. The van der Waals surface area contributed by atoms with Gasteiger partial charge in [0.05, 0.1) is 0 Å². The van der Waals surface area contributed by atoms with Crippen LogP contribution < -0.4 is 26.6 Å². The summed E-state index contributed by atoms with van der Waals surface area (Å²) in [6, 6.07) is 11.7. The van der Waals surface area contributed by atoms with Crippen LogP contribution >= 0.6 is 0 Å². The van der Waals surface area contributed by atoms with Crippen LogP contribution in [0.2, 0.25) is 0 Å². The number of nitrogens with zero attached hydrogens (tertiary/aromatic N) is 4. The predicted molar refractivity (Wildman–Crippen MR) is 135 cm³/mol. The van der Waals surface area contributed by atoms with E-state index in [1.165, 1.54) is 48.7 Å². The molecule has 0 spiro atoms. The van der Waals surface area contributed by atoms with Crippen LogP contribution in [0.5, 0.6) is 11.5 Å². The summed E-state index contributed by atoms with van der Waals surface area (Å²) >= 11 is 0. The minimum atomic E-state index is -1.04. The fraction of sp³-hybridized carbons (Fsp3) is 0.154. The van der Waals surface area contributed by atoms with Gasteiger partial charge >= 0.3 is 5.69 Å². The van der Waals surface area contributed by atoms with Gasteiger partial charge in [0.15, 0.2) is 11.6 Å². The van der Waals surface area contributed by atoms with Gasteiger partial charge in [0.1, 0.15) is 23.1 Å². The SMILES string of the molecule is Cn1c(=O)c(C(=O)Nc2ccc(Oc3ccnc(NC(=O)C4CC4)c3)c(F)c2)nn(-c2ccccc2F)c1=O. The number of anilines is 2. The second-order valence-corrected chi connectivity index (χ2v) is 8.70. The minimum Gasteiger partial charge on any atom is -0.454 e. The summed E-state index contributed by atoms with van der Waals surface area (Å²) in [5, 5.41) is 8.78. The quantitative estimate of drug-likeness (QED) is 0.372. The largest absolute Gasteiger partial charge is 0.454 e. The van der Waals surface area contributed by atoms with E-state index in [0.717, 1.165) is 32.0 Å². The lowest BCUT2D eigenvalue weighted by atomic mass is 10.2. The summed E-state index contributed by atoms with van der Waals surface area (Å²) in [5.41, 5.74) is -2.98. The smallest absolute Gasteiger partial charge is 0.352 e. The summed E-state index contributed by atoms with van der Waals surface area (Å²) < 4.78 is 35.8. The van der Waals surface area contributed by atoms with Gasteiger partial charge in [-0.1, -0.05) is 12.1 Å². The molecule has 0 saturated heterocycles. The number of carbonyl (C=O) groups is 2. The molecule has 4 aromatic rings. The highest BCUT2D eigenvalue weighted by Crippen LogP contribution is 2.31. The molecular formula is C26H20F2N6O5. The minimum absolute atomic E-state index is 0.0186. The van der Waals surface area contributed by atoms with Gasteiger partial charge in [0.25, 0.3) is 11.5 Å². The molecule has 0 unspecified atom stereocenters. The van der Waals surface area contributed by atoms with Gasteiger partial charge in [0.2, 0.25) is 11.6 Å². The summed E-state index contributed by atoms with van der Waals surface area (Å²) in [7, 11) is 1.12. The number of halogens is 2. The van der Waals surface area contributed by atoms with Crippen LogP contribution in [0.3, 0.4) is 0 Å². The van der Waals surface area contributed by atoms with Crippen LogP contribution in [0.1, 0.15) is 23.3 Å². The number of hydrogen-bond donors (Lipinski definition) is 2. The Morgan fingerprint density at radius 2 is 1.77 bits per heavy atom. The Hall–Kier alpha value is -5.20. The van der Waals surface area contributed by atoms with Crippen molar-refractivity contribution in [2.45, 2.75) is 12.8 Å². The zero-order chi connectivity index (χ0) is 27.7. The van der Waals surface area contributed by atoms with Crippen LogP contribution in [0.25, 0.3) is 5.69 Å². The second kappa shape index (κ2) is 10.3. The second-order valence-electron chi connectivity index (χ2n) is 8.70. The van der Waals surface area contributed by atoms with E-state index in [1.807, 2.05) is 0 Å². The fourth-order valence-corrected chi connectivity index (χ4v) is 3.59. The molecule has 1 fully saturated rings. The molecule has 2 N–H and O–H groups in total. The molecule has 13 heteroatoms. The average Bonchev–Trinajstić information content (AvgIpc) is 3.76. The van der Waals surface area contributed by atoms with Crippen molar-refractivity contribution in [2.24, 2.45) is 13.0 Å². The number of pyridine rings is 1. The van der Waals surface area contributed by atoms with Crippen molar-refractivity contribution < 1.29 is 23.1 Å². The summed E-state index contributed by atoms with van der Waals surface area (Å²) in [5.74, 6) is -2.53. The monoisotopic (exact) mass is 534 g/mol. The van der Waals surface area contributed by atoms with Gasteiger partial charge in [-0.2, -0.15) is 9.78 Å². The number of ether oxygens (including phenoxy) is 1. The number of amides is 2. The highest BCUT2D eigenvalue weighted by molar-refractivity contribution is 6.02. The molecule has 198 valence electrons. The first-order chi connectivity index (χ1) is 18.7. The Bertz CT molecular complexity index is 1730. The first kappa shape index (κ1) is 25.4. The molecule has 0 aliphatic heterocycles. The molecule has 0 bridgehead atoms. The van der Waals surface area contributed by atoms with Crippen molar-refractivity contribution in [1.29, 1.82) is 0 Å². The maximum atomic E-state index is 14.8. The van der Waals surface area contributed by atoms with Crippen LogP contribution in [0.4, 0.5) is 20.3 Å². The van der Waals surface area contributed by atoms with E-state index in [-0.39, 0.29) is 40.5 Å². The number of carbonyl (C=O) groups excluding carboxylic acids is 2. The normalized spacial score (nSPS) is 12.6. The maximum Gasteiger partial charge on any atom is 0.352 e. The maximum absolute atomic E-state index is 14.8. The van der Waals surface area contributed by atoms with E-state index >= 15 is 0 Å². The lowest BCUT2D eigenvalue weighted by molar-refractivity contribution is -0.117. The predicted octanol–water partition coefficient (Wildman–Crippen LogP) is 3.00. The number of nitrogens with one attached hydrogen (secondary N) is 2. The Labute approximate surface area is 218 Å². The first-order valence-corrected chi connectivity index (χ1v) is 11.7. The topological polar surface area (TPSA) is 137 Å². The van der Waals surface area contributed by atoms with Gasteiger partial charge in [-0.15, -0.1) is 0 Å². The van der Waals surface area contributed by atoms with Crippen LogP contribution in [0, 0.1) is 17.6 Å². The van der Waals surface area contributed by atoms with E-state index in [2.05, 4.69) is 20.7 Å². The van der Waals surface area contributed by atoms with Gasteiger partial charge in [-0.3, -0.25) is 19.0 Å². The Kier molecular flexibility index (Phi) is 6.71. The zero-order valence-corrected chi connectivity index (χ0v) is 20.4. The highest BCUT2D eigenvalue weighted by atomic mass is 19.1. The van der Waals surface area contributed by atoms with E-state index in [9.17, 15) is 28.0 Å². The van der Waals surface area contributed by atoms with Crippen molar-refractivity contribution in [3.05, 3.63) is 99.0 Å². The number of para-hydroxylation sites is 1. The Balaban J connectivity index is 1.35. The number of benzene rings is 2. The van der Waals surface area contributed by atoms with Crippen molar-refractivity contribution in [3.8, 4) is 17.2 Å². The molecule has 0 radical (unpaired) electrons. The highest BCUT2D eigenvalue weighted by Gasteiger charge is 2.29. The number of rotatable bonds is 7. The van der Waals surface area contributed by atoms with Gasteiger partial charge in [-0.05, 0) is 43.2 Å². The van der Waals surface area contributed by atoms with Crippen molar-refractivity contribution in [2.75, 3.05) is 10.6 Å². The summed E-state index contributed by atoms with van der Waals surface area (Å²) in [6.07, 6.45) is 3.06. The Morgan fingerprint density at radius 1 is 1.00 bits per heavy atom.